The standard InChI is InChI=1S/C15H24N4O2.HI/c1-15(2,3)21-13-6-4-5-12(18-13)11-17-14(16)19-7-9-20-10-8-19;/h4-6H,7-11H2,1-3H3,(H2,16,17);1H. The van der Waals surface area contributed by atoms with Crippen LogP contribution in [0.2, 0.25) is 0 Å². The molecule has 1 fully saturated rings. The van der Waals surface area contributed by atoms with E-state index in [1.165, 1.54) is 0 Å². The summed E-state index contributed by atoms with van der Waals surface area (Å²) in [5.74, 6) is 1.15. The maximum atomic E-state index is 6.00. The highest BCUT2D eigenvalue weighted by Crippen LogP contribution is 2.15. The van der Waals surface area contributed by atoms with Gasteiger partial charge in [0.2, 0.25) is 5.88 Å². The van der Waals surface area contributed by atoms with Crippen molar-refractivity contribution < 1.29 is 9.47 Å². The van der Waals surface area contributed by atoms with Crippen molar-refractivity contribution in [2.45, 2.75) is 32.9 Å². The number of hydrogen-bond acceptors (Lipinski definition) is 4. The van der Waals surface area contributed by atoms with Gasteiger partial charge in [0.15, 0.2) is 5.96 Å². The van der Waals surface area contributed by atoms with Crippen molar-refractivity contribution in [3.05, 3.63) is 23.9 Å². The minimum absolute atomic E-state index is 0. The molecule has 0 bridgehead atoms. The molecule has 0 atom stereocenters. The van der Waals surface area contributed by atoms with Gasteiger partial charge in [-0.3, -0.25) is 0 Å². The molecule has 1 aliphatic heterocycles. The average molecular weight is 420 g/mol. The second-order valence-electron chi connectivity index (χ2n) is 5.96. The SMILES string of the molecule is CC(C)(C)Oc1cccc(CN=C(N)N2CCOCC2)n1.I. The Hall–Kier alpha value is -1.09. The van der Waals surface area contributed by atoms with E-state index < -0.39 is 0 Å². The molecule has 2 N–H and O–H groups in total. The maximum absolute atomic E-state index is 6.00. The molecule has 124 valence electrons. The molecule has 0 aliphatic carbocycles. The first kappa shape index (κ1) is 19.0. The quantitative estimate of drug-likeness (QED) is 0.460. The number of aliphatic imine (C=N–C) groups is 1. The van der Waals surface area contributed by atoms with Crippen LogP contribution in [0.15, 0.2) is 23.2 Å². The molecular formula is C15H25IN4O2. The van der Waals surface area contributed by atoms with Crippen molar-refractivity contribution in [2.24, 2.45) is 10.7 Å². The summed E-state index contributed by atoms with van der Waals surface area (Å²) < 4.78 is 11.0. The van der Waals surface area contributed by atoms with Crippen molar-refractivity contribution in [3.63, 3.8) is 0 Å². The lowest BCUT2D eigenvalue weighted by molar-refractivity contribution is 0.0674. The summed E-state index contributed by atoms with van der Waals surface area (Å²) >= 11 is 0. The van der Waals surface area contributed by atoms with Crippen molar-refractivity contribution in [1.29, 1.82) is 0 Å². The normalized spacial score (nSPS) is 16.1. The van der Waals surface area contributed by atoms with Gasteiger partial charge in [0.05, 0.1) is 25.5 Å². The van der Waals surface area contributed by atoms with Gasteiger partial charge in [-0.25, -0.2) is 9.98 Å². The Morgan fingerprint density at radius 3 is 2.68 bits per heavy atom. The topological polar surface area (TPSA) is 73.0 Å². The number of rotatable bonds is 3. The first-order chi connectivity index (χ1) is 9.94. The molecule has 1 saturated heterocycles. The Balaban J connectivity index is 0.00000242. The number of hydrogen-bond donors (Lipinski definition) is 1. The number of ether oxygens (including phenoxy) is 2. The second-order valence-corrected chi connectivity index (χ2v) is 5.96. The summed E-state index contributed by atoms with van der Waals surface area (Å²) in [6, 6.07) is 5.69. The van der Waals surface area contributed by atoms with E-state index in [0.717, 1.165) is 18.8 Å². The number of guanidine groups is 1. The van der Waals surface area contributed by atoms with Gasteiger partial charge in [0, 0.05) is 19.2 Å². The fraction of sp³-hybridized carbons (Fsp3) is 0.600. The molecule has 7 heteroatoms. The van der Waals surface area contributed by atoms with E-state index in [9.17, 15) is 0 Å². The zero-order chi connectivity index (χ0) is 15.3. The van der Waals surface area contributed by atoms with E-state index in [2.05, 4.69) is 9.98 Å². The molecule has 1 aliphatic rings. The Morgan fingerprint density at radius 1 is 1.36 bits per heavy atom. The first-order valence-corrected chi connectivity index (χ1v) is 7.21. The summed E-state index contributed by atoms with van der Waals surface area (Å²) in [6.07, 6.45) is 0. The number of nitrogens with two attached hydrogens (primary N) is 1. The molecule has 0 aromatic carbocycles. The number of halogens is 1. The monoisotopic (exact) mass is 420 g/mol. The number of aromatic nitrogens is 1. The fourth-order valence-corrected chi connectivity index (χ4v) is 1.97. The molecule has 0 amide bonds. The van der Waals surface area contributed by atoms with Crippen LogP contribution in [0.4, 0.5) is 0 Å². The molecule has 2 rings (SSSR count). The maximum Gasteiger partial charge on any atom is 0.214 e. The van der Waals surface area contributed by atoms with E-state index >= 15 is 0 Å². The number of nitrogens with zero attached hydrogens (tertiary/aromatic N) is 3. The molecule has 6 nitrogen and oxygen atoms in total. The summed E-state index contributed by atoms with van der Waals surface area (Å²) in [7, 11) is 0. The van der Waals surface area contributed by atoms with Crippen molar-refractivity contribution in [3.8, 4) is 5.88 Å². The summed E-state index contributed by atoms with van der Waals surface area (Å²) in [4.78, 5) is 10.9. The summed E-state index contributed by atoms with van der Waals surface area (Å²) in [5, 5.41) is 0. The molecule has 0 unspecified atom stereocenters. The molecule has 0 saturated carbocycles. The highest BCUT2D eigenvalue weighted by molar-refractivity contribution is 14.0. The van der Waals surface area contributed by atoms with Crippen LogP contribution >= 0.6 is 24.0 Å². The zero-order valence-corrected chi connectivity index (χ0v) is 15.7. The number of morpholine rings is 1. The van der Waals surface area contributed by atoms with Crippen LogP contribution in [-0.2, 0) is 11.3 Å². The van der Waals surface area contributed by atoms with E-state index in [1.54, 1.807) is 0 Å². The lowest BCUT2D eigenvalue weighted by atomic mass is 10.2. The Bertz CT molecular complexity index is 497. The Morgan fingerprint density at radius 2 is 2.05 bits per heavy atom. The van der Waals surface area contributed by atoms with Gasteiger partial charge < -0.3 is 20.1 Å². The third-order valence-corrected chi connectivity index (χ3v) is 2.93. The van der Waals surface area contributed by atoms with Crippen LogP contribution in [0.5, 0.6) is 5.88 Å². The van der Waals surface area contributed by atoms with Crippen molar-refractivity contribution in [2.75, 3.05) is 26.3 Å². The zero-order valence-electron chi connectivity index (χ0n) is 13.4. The van der Waals surface area contributed by atoms with Crippen LogP contribution in [0.25, 0.3) is 0 Å². The predicted octanol–water partition coefficient (Wildman–Crippen LogP) is 2.02. The molecular weight excluding hydrogens is 395 g/mol. The van der Waals surface area contributed by atoms with Gasteiger partial charge in [-0.15, -0.1) is 24.0 Å². The highest BCUT2D eigenvalue weighted by Gasteiger charge is 2.14. The Kier molecular flexibility index (Phi) is 7.34. The number of pyridine rings is 1. The van der Waals surface area contributed by atoms with E-state index in [-0.39, 0.29) is 29.6 Å². The van der Waals surface area contributed by atoms with Crippen molar-refractivity contribution >= 4 is 29.9 Å². The minimum atomic E-state index is -0.262. The van der Waals surface area contributed by atoms with E-state index in [1.807, 2.05) is 43.9 Å². The molecule has 1 aromatic rings. The van der Waals surface area contributed by atoms with Crippen LogP contribution in [0.3, 0.4) is 0 Å². The van der Waals surface area contributed by atoms with Gasteiger partial charge in [0.1, 0.15) is 5.60 Å². The van der Waals surface area contributed by atoms with Gasteiger partial charge in [-0.2, -0.15) is 0 Å². The highest BCUT2D eigenvalue weighted by atomic mass is 127. The predicted molar refractivity (Wildman–Crippen MR) is 97.8 cm³/mol. The van der Waals surface area contributed by atoms with E-state index in [4.69, 9.17) is 15.2 Å². The fourth-order valence-electron chi connectivity index (χ4n) is 1.97. The minimum Gasteiger partial charge on any atom is -0.472 e. The van der Waals surface area contributed by atoms with Crippen LogP contribution in [0, 0.1) is 0 Å². The molecule has 1 aromatic heterocycles. The molecule has 0 spiro atoms. The lowest BCUT2D eigenvalue weighted by Gasteiger charge is -2.27. The van der Waals surface area contributed by atoms with Gasteiger partial charge in [-0.1, -0.05) is 6.07 Å². The summed E-state index contributed by atoms with van der Waals surface area (Å²) in [6.45, 7) is 9.41. The Labute approximate surface area is 149 Å². The second kappa shape index (κ2) is 8.52. The van der Waals surface area contributed by atoms with Crippen LogP contribution in [-0.4, -0.2) is 47.7 Å². The third-order valence-electron chi connectivity index (χ3n) is 2.93. The molecule has 22 heavy (non-hydrogen) atoms. The molecule has 2 heterocycles. The summed E-state index contributed by atoms with van der Waals surface area (Å²) in [5.41, 5.74) is 6.58. The first-order valence-electron chi connectivity index (χ1n) is 7.21. The lowest BCUT2D eigenvalue weighted by Crippen LogP contribution is -2.44. The largest absolute Gasteiger partial charge is 0.472 e. The van der Waals surface area contributed by atoms with Gasteiger partial charge in [-0.05, 0) is 26.8 Å². The van der Waals surface area contributed by atoms with Gasteiger partial charge in [0.25, 0.3) is 0 Å². The van der Waals surface area contributed by atoms with E-state index in [0.29, 0.717) is 31.6 Å². The smallest absolute Gasteiger partial charge is 0.214 e. The van der Waals surface area contributed by atoms with Crippen molar-refractivity contribution in [1.82, 2.24) is 9.88 Å². The molecule has 0 radical (unpaired) electrons. The van der Waals surface area contributed by atoms with Gasteiger partial charge >= 0.3 is 0 Å². The van der Waals surface area contributed by atoms with Crippen LogP contribution in [0.1, 0.15) is 26.5 Å². The average Bonchev–Trinajstić information content (AvgIpc) is 2.44. The van der Waals surface area contributed by atoms with Crippen LogP contribution < -0.4 is 10.5 Å². The third kappa shape index (κ3) is 6.35.